The van der Waals surface area contributed by atoms with E-state index >= 15 is 0 Å². The summed E-state index contributed by atoms with van der Waals surface area (Å²) in [5, 5.41) is 0. The van der Waals surface area contributed by atoms with Crippen LogP contribution in [0.5, 0.6) is 0 Å². The van der Waals surface area contributed by atoms with Gasteiger partial charge in [0, 0.05) is 15.9 Å². The van der Waals surface area contributed by atoms with Crippen molar-refractivity contribution in [2.45, 2.75) is 33.1 Å². The molecule has 0 N–H and O–H groups in total. The summed E-state index contributed by atoms with van der Waals surface area (Å²) in [7, 11) is 0. The second-order valence-electron chi connectivity index (χ2n) is 3.96. The molecule has 1 atom stereocenters. The Balaban J connectivity index is 2.54. The lowest BCUT2D eigenvalue weighted by Crippen LogP contribution is -2.13. The van der Waals surface area contributed by atoms with Crippen molar-refractivity contribution in [2.24, 2.45) is 5.92 Å². The van der Waals surface area contributed by atoms with Gasteiger partial charge in [0.05, 0.1) is 0 Å². The van der Waals surface area contributed by atoms with Gasteiger partial charge in [-0.25, -0.2) is 0 Å². The smallest absolute Gasteiger partial charge is 0.140 e. The third-order valence-corrected chi connectivity index (χ3v) is 3.28. The molecule has 1 unspecified atom stereocenters. The first-order valence-electron chi connectivity index (χ1n) is 5.40. The van der Waals surface area contributed by atoms with Crippen LogP contribution in [-0.4, -0.2) is 5.78 Å². The number of benzene rings is 1. The Morgan fingerprint density at radius 1 is 1.33 bits per heavy atom. The summed E-state index contributed by atoms with van der Waals surface area (Å²) < 4.78 is 1.21. The van der Waals surface area contributed by atoms with Crippen molar-refractivity contribution in [3.05, 3.63) is 33.4 Å². The van der Waals surface area contributed by atoms with Crippen LogP contribution >= 0.6 is 22.6 Å². The van der Waals surface area contributed by atoms with Gasteiger partial charge in [0.1, 0.15) is 5.78 Å². The average molecular weight is 316 g/mol. The summed E-state index contributed by atoms with van der Waals surface area (Å²) >= 11 is 2.27. The Hall–Kier alpha value is -0.380. The molecule has 82 valence electrons. The third-order valence-electron chi connectivity index (χ3n) is 2.56. The SMILES string of the molecule is CCCC(C)C(=O)Cc1ccc(I)cc1. The highest BCUT2D eigenvalue weighted by molar-refractivity contribution is 14.1. The minimum atomic E-state index is 0.203. The summed E-state index contributed by atoms with van der Waals surface area (Å²) in [6.07, 6.45) is 2.67. The van der Waals surface area contributed by atoms with Crippen LogP contribution in [0.25, 0.3) is 0 Å². The molecule has 0 aliphatic heterocycles. The molecule has 0 amide bonds. The van der Waals surface area contributed by atoms with Gasteiger partial charge in [-0.1, -0.05) is 32.4 Å². The number of hydrogen-bond donors (Lipinski definition) is 0. The van der Waals surface area contributed by atoms with Crippen LogP contribution < -0.4 is 0 Å². The van der Waals surface area contributed by atoms with E-state index in [0.29, 0.717) is 12.2 Å². The first-order chi connectivity index (χ1) is 7.13. The van der Waals surface area contributed by atoms with Crippen LogP contribution in [0.15, 0.2) is 24.3 Å². The molecule has 0 heterocycles. The predicted molar refractivity (Wildman–Crippen MR) is 71.9 cm³/mol. The maximum Gasteiger partial charge on any atom is 0.140 e. The Labute approximate surface area is 105 Å². The Morgan fingerprint density at radius 3 is 2.47 bits per heavy atom. The van der Waals surface area contributed by atoms with Gasteiger partial charge in [-0.3, -0.25) is 4.79 Å². The van der Waals surface area contributed by atoms with Crippen molar-refractivity contribution in [2.75, 3.05) is 0 Å². The van der Waals surface area contributed by atoms with E-state index in [1.54, 1.807) is 0 Å². The Morgan fingerprint density at radius 2 is 1.93 bits per heavy atom. The second-order valence-corrected chi connectivity index (χ2v) is 5.20. The quantitative estimate of drug-likeness (QED) is 0.754. The van der Waals surface area contributed by atoms with Gasteiger partial charge in [-0.05, 0) is 46.7 Å². The summed E-state index contributed by atoms with van der Waals surface area (Å²) in [5.41, 5.74) is 1.13. The summed E-state index contributed by atoms with van der Waals surface area (Å²) in [6.45, 7) is 4.15. The zero-order valence-electron chi connectivity index (χ0n) is 9.29. The molecular formula is C13H17IO. The highest BCUT2D eigenvalue weighted by Crippen LogP contribution is 2.12. The highest BCUT2D eigenvalue weighted by Gasteiger charge is 2.11. The maximum atomic E-state index is 11.8. The summed E-state index contributed by atoms with van der Waals surface area (Å²) in [5.74, 6) is 0.562. The minimum Gasteiger partial charge on any atom is -0.299 e. The van der Waals surface area contributed by atoms with E-state index in [0.717, 1.165) is 18.4 Å². The fourth-order valence-electron chi connectivity index (χ4n) is 1.57. The molecule has 1 nitrogen and oxygen atoms in total. The van der Waals surface area contributed by atoms with E-state index in [4.69, 9.17) is 0 Å². The van der Waals surface area contributed by atoms with Crippen molar-refractivity contribution in [1.29, 1.82) is 0 Å². The molecule has 0 aromatic heterocycles. The van der Waals surface area contributed by atoms with E-state index in [-0.39, 0.29) is 5.92 Å². The number of hydrogen-bond acceptors (Lipinski definition) is 1. The van der Waals surface area contributed by atoms with Crippen LogP contribution in [0.1, 0.15) is 32.3 Å². The normalized spacial score (nSPS) is 12.5. The molecule has 0 saturated carbocycles. The maximum absolute atomic E-state index is 11.8. The molecule has 1 aromatic rings. The summed E-state index contributed by atoms with van der Waals surface area (Å²) in [6, 6.07) is 8.18. The predicted octanol–water partition coefficient (Wildman–Crippen LogP) is 3.84. The molecule has 2 heteroatoms. The largest absolute Gasteiger partial charge is 0.299 e. The van der Waals surface area contributed by atoms with Crippen molar-refractivity contribution >= 4 is 28.4 Å². The fourth-order valence-corrected chi connectivity index (χ4v) is 1.93. The van der Waals surface area contributed by atoms with Crippen LogP contribution in [0.4, 0.5) is 0 Å². The number of carbonyl (C=O) groups is 1. The van der Waals surface area contributed by atoms with Crippen LogP contribution in [0, 0.1) is 9.49 Å². The minimum absolute atomic E-state index is 0.203. The number of rotatable bonds is 5. The molecule has 0 aliphatic rings. The van der Waals surface area contributed by atoms with Crippen molar-refractivity contribution < 1.29 is 4.79 Å². The van der Waals surface area contributed by atoms with E-state index in [1.807, 2.05) is 31.2 Å². The van der Waals surface area contributed by atoms with Gasteiger partial charge in [0.2, 0.25) is 0 Å². The molecule has 15 heavy (non-hydrogen) atoms. The van der Waals surface area contributed by atoms with E-state index in [9.17, 15) is 4.79 Å². The molecule has 0 aliphatic carbocycles. The van der Waals surface area contributed by atoms with Gasteiger partial charge in [0.25, 0.3) is 0 Å². The zero-order chi connectivity index (χ0) is 11.3. The lowest BCUT2D eigenvalue weighted by atomic mass is 9.96. The molecular weight excluding hydrogens is 299 g/mol. The van der Waals surface area contributed by atoms with Gasteiger partial charge < -0.3 is 0 Å². The van der Waals surface area contributed by atoms with E-state index in [2.05, 4.69) is 29.5 Å². The molecule has 1 rings (SSSR count). The third kappa shape index (κ3) is 4.33. The van der Waals surface area contributed by atoms with E-state index < -0.39 is 0 Å². The summed E-state index contributed by atoms with van der Waals surface area (Å²) in [4.78, 5) is 11.8. The highest BCUT2D eigenvalue weighted by atomic mass is 127. The molecule has 0 bridgehead atoms. The number of carbonyl (C=O) groups excluding carboxylic acids is 1. The molecule has 0 saturated heterocycles. The van der Waals surface area contributed by atoms with Gasteiger partial charge in [-0.2, -0.15) is 0 Å². The first-order valence-corrected chi connectivity index (χ1v) is 6.48. The van der Waals surface area contributed by atoms with Crippen LogP contribution in [-0.2, 0) is 11.2 Å². The Kier molecular flexibility index (Phi) is 5.29. The zero-order valence-corrected chi connectivity index (χ0v) is 11.5. The van der Waals surface area contributed by atoms with Crippen LogP contribution in [0.2, 0.25) is 0 Å². The topological polar surface area (TPSA) is 17.1 Å². The van der Waals surface area contributed by atoms with Crippen LogP contribution in [0.3, 0.4) is 0 Å². The number of Topliss-reactive ketones (excluding diaryl/α,β-unsaturated/α-hetero) is 1. The Bertz CT molecular complexity index is 316. The first kappa shape index (κ1) is 12.7. The van der Waals surface area contributed by atoms with Gasteiger partial charge in [0.15, 0.2) is 0 Å². The molecule has 0 spiro atoms. The standard InChI is InChI=1S/C13H17IO/c1-3-4-10(2)13(15)9-11-5-7-12(14)8-6-11/h5-8,10H,3-4,9H2,1-2H3. The number of halogens is 1. The van der Waals surface area contributed by atoms with Crippen molar-refractivity contribution in [3.8, 4) is 0 Å². The van der Waals surface area contributed by atoms with Gasteiger partial charge in [-0.15, -0.1) is 0 Å². The van der Waals surface area contributed by atoms with Gasteiger partial charge >= 0.3 is 0 Å². The molecule has 0 radical (unpaired) electrons. The monoisotopic (exact) mass is 316 g/mol. The lowest BCUT2D eigenvalue weighted by Gasteiger charge is -2.08. The van der Waals surface area contributed by atoms with E-state index in [1.165, 1.54) is 3.57 Å². The fraction of sp³-hybridized carbons (Fsp3) is 0.462. The van der Waals surface area contributed by atoms with Crippen molar-refractivity contribution in [3.63, 3.8) is 0 Å². The average Bonchev–Trinajstić information content (AvgIpc) is 2.22. The number of ketones is 1. The molecule has 1 aromatic carbocycles. The lowest BCUT2D eigenvalue weighted by molar-refractivity contribution is -0.121. The molecule has 0 fully saturated rings. The second kappa shape index (κ2) is 6.26. The van der Waals surface area contributed by atoms with Crippen molar-refractivity contribution in [1.82, 2.24) is 0 Å².